The number of carbonyl (C=O) groups is 2. The molecule has 1 N–H and O–H groups in total. The molecule has 0 fully saturated rings. The lowest BCUT2D eigenvalue weighted by Crippen LogP contribution is -2.43. The molecule has 1 unspecified atom stereocenters. The zero-order valence-electron chi connectivity index (χ0n) is 17.9. The molecule has 2 amide bonds. The van der Waals surface area contributed by atoms with E-state index in [0.717, 1.165) is 17.0 Å². The number of thiazole rings is 1. The maximum atomic E-state index is 13.1. The van der Waals surface area contributed by atoms with Crippen LogP contribution in [0, 0.1) is 13.8 Å². The number of carbonyl (C=O) groups excluding carboxylic acids is 2. The second-order valence-corrected chi connectivity index (χ2v) is 9.43. The number of rotatable bonds is 6. The molecule has 1 heterocycles. The molecule has 1 atom stereocenters. The van der Waals surface area contributed by atoms with Gasteiger partial charge in [0.05, 0.1) is 5.69 Å². The van der Waals surface area contributed by atoms with Crippen LogP contribution < -0.4 is 5.32 Å². The zero-order chi connectivity index (χ0) is 21.1. The maximum Gasteiger partial charge on any atom is 0.254 e. The molecule has 0 bridgehead atoms. The lowest BCUT2D eigenvalue weighted by atomic mass is 9.86. The third-order valence-corrected chi connectivity index (χ3v) is 5.96. The van der Waals surface area contributed by atoms with E-state index in [1.807, 2.05) is 52.0 Å². The Kier molecular flexibility index (Phi) is 6.99. The summed E-state index contributed by atoms with van der Waals surface area (Å²) in [5, 5.41) is 3.40. The average molecular weight is 402 g/mol. The van der Waals surface area contributed by atoms with E-state index in [9.17, 15) is 9.59 Å². The van der Waals surface area contributed by atoms with Crippen molar-refractivity contribution < 1.29 is 9.59 Å². The number of nitrogens with one attached hydrogen (secondary N) is 1. The van der Waals surface area contributed by atoms with Gasteiger partial charge in [0.15, 0.2) is 5.13 Å². The van der Waals surface area contributed by atoms with Gasteiger partial charge in [0.1, 0.15) is 6.54 Å². The van der Waals surface area contributed by atoms with E-state index < -0.39 is 0 Å². The van der Waals surface area contributed by atoms with Crippen molar-refractivity contribution in [1.82, 2.24) is 9.88 Å². The van der Waals surface area contributed by atoms with Crippen LogP contribution >= 0.6 is 11.3 Å². The third-order valence-electron chi connectivity index (χ3n) is 4.97. The third kappa shape index (κ3) is 5.41. The van der Waals surface area contributed by atoms with E-state index in [0.29, 0.717) is 10.7 Å². The molecule has 0 aliphatic rings. The molecule has 5 nitrogen and oxygen atoms in total. The topological polar surface area (TPSA) is 62.3 Å². The lowest BCUT2D eigenvalue weighted by Gasteiger charge is -2.28. The Labute approximate surface area is 172 Å². The molecular weight excluding hydrogens is 370 g/mol. The van der Waals surface area contributed by atoms with Crippen LogP contribution in [-0.2, 0) is 10.2 Å². The van der Waals surface area contributed by atoms with Gasteiger partial charge < -0.3 is 10.2 Å². The smallest absolute Gasteiger partial charge is 0.254 e. The molecule has 6 heteroatoms. The first-order valence-corrected chi connectivity index (χ1v) is 10.5. The Morgan fingerprint density at radius 1 is 1.18 bits per heavy atom. The minimum atomic E-state index is -0.228. The van der Waals surface area contributed by atoms with E-state index in [4.69, 9.17) is 0 Å². The largest absolute Gasteiger partial charge is 0.327 e. The quantitative estimate of drug-likeness (QED) is 0.746. The van der Waals surface area contributed by atoms with Gasteiger partial charge in [-0.15, -0.1) is 11.3 Å². The van der Waals surface area contributed by atoms with E-state index in [2.05, 4.69) is 31.1 Å². The molecular formula is C22H31N3O2S. The van der Waals surface area contributed by atoms with Crippen molar-refractivity contribution in [3.8, 4) is 0 Å². The SMILES string of the molecule is CCC(C)N(CC(=O)Nc1nc(C)c(C)s1)C(=O)c1ccc(C(C)(C)C)cc1. The van der Waals surface area contributed by atoms with Crippen molar-refractivity contribution in [3.05, 3.63) is 46.0 Å². The maximum absolute atomic E-state index is 13.1. The Morgan fingerprint density at radius 3 is 2.25 bits per heavy atom. The summed E-state index contributed by atoms with van der Waals surface area (Å²) in [4.78, 5) is 32.7. The first-order chi connectivity index (χ1) is 13.0. The van der Waals surface area contributed by atoms with Gasteiger partial charge in [-0.3, -0.25) is 9.59 Å². The molecule has 2 aromatic rings. The van der Waals surface area contributed by atoms with Gasteiger partial charge in [-0.25, -0.2) is 4.98 Å². The van der Waals surface area contributed by atoms with Crippen LogP contribution in [0.3, 0.4) is 0 Å². The highest BCUT2D eigenvalue weighted by Crippen LogP contribution is 2.23. The number of aryl methyl sites for hydroxylation is 2. The van der Waals surface area contributed by atoms with Crippen molar-refractivity contribution in [2.45, 2.75) is 66.3 Å². The Hall–Kier alpha value is -2.21. The standard InChI is InChI=1S/C22H31N3O2S/c1-8-14(2)25(13-19(26)24-21-23-15(3)16(4)28-21)20(27)17-9-11-18(12-10-17)22(5,6)7/h9-12,14H,8,13H2,1-7H3,(H,23,24,26). The summed E-state index contributed by atoms with van der Waals surface area (Å²) in [5.74, 6) is -0.356. The molecule has 1 aromatic carbocycles. The predicted octanol–water partition coefficient (Wildman–Crippen LogP) is 4.94. The predicted molar refractivity (Wildman–Crippen MR) is 116 cm³/mol. The Bertz CT molecular complexity index is 815. The highest BCUT2D eigenvalue weighted by Gasteiger charge is 2.24. The van der Waals surface area contributed by atoms with Crippen LogP contribution in [0.1, 0.15) is 67.5 Å². The minimum Gasteiger partial charge on any atom is -0.327 e. The van der Waals surface area contributed by atoms with Crippen molar-refractivity contribution in [1.29, 1.82) is 0 Å². The molecule has 0 spiro atoms. The fourth-order valence-electron chi connectivity index (χ4n) is 2.77. The summed E-state index contributed by atoms with van der Waals surface area (Å²) in [6.07, 6.45) is 0.772. The number of amides is 2. The molecule has 0 aliphatic carbocycles. The van der Waals surface area contributed by atoms with Crippen LogP contribution in [0.2, 0.25) is 0 Å². The highest BCUT2D eigenvalue weighted by molar-refractivity contribution is 7.15. The van der Waals surface area contributed by atoms with E-state index >= 15 is 0 Å². The summed E-state index contributed by atoms with van der Waals surface area (Å²) < 4.78 is 0. The van der Waals surface area contributed by atoms with Crippen molar-refractivity contribution in [2.24, 2.45) is 0 Å². The van der Waals surface area contributed by atoms with Crippen molar-refractivity contribution >= 4 is 28.3 Å². The van der Waals surface area contributed by atoms with Crippen molar-refractivity contribution in [3.63, 3.8) is 0 Å². The molecule has 1 aromatic heterocycles. The van der Waals surface area contributed by atoms with E-state index in [1.165, 1.54) is 16.9 Å². The molecule has 0 radical (unpaired) electrons. The number of anilines is 1. The fourth-order valence-corrected chi connectivity index (χ4v) is 3.60. The summed E-state index contributed by atoms with van der Waals surface area (Å²) >= 11 is 1.45. The van der Waals surface area contributed by atoms with Crippen LogP contribution in [0.5, 0.6) is 0 Å². The number of aromatic nitrogens is 1. The van der Waals surface area contributed by atoms with Crippen molar-refractivity contribution in [2.75, 3.05) is 11.9 Å². The van der Waals surface area contributed by atoms with Crippen LogP contribution in [0.15, 0.2) is 24.3 Å². The van der Waals surface area contributed by atoms with Gasteiger partial charge in [-0.1, -0.05) is 39.8 Å². The molecule has 28 heavy (non-hydrogen) atoms. The Morgan fingerprint density at radius 2 is 1.79 bits per heavy atom. The number of hydrogen-bond acceptors (Lipinski definition) is 4. The van der Waals surface area contributed by atoms with Gasteiger partial charge in [-0.05, 0) is 50.3 Å². The molecule has 152 valence electrons. The average Bonchev–Trinajstić information content (AvgIpc) is 2.95. The zero-order valence-corrected chi connectivity index (χ0v) is 18.7. The lowest BCUT2D eigenvalue weighted by molar-refractivity contribution is -0.117. The molecule has 0 saturated carbocycles. The fraction of sp³-hybridized carbons (Fsp3) is 0.500. The molecule has 0 aliphatic heterocycles. The van der Waals surface area contributed by atoms with Gasteiger partial charge in [0.25, 0.3) is 5.91 Å². The minimum absolute atomic E-state index is 0.00649. The summed E-state index contributed by atoms with van der Waals surface area (Å²) in [6.45, 7) is 14.3. The monoisotopic (exact) mass is 401 g/mol. The summed E-state index contributed by atoms with van der Waals surface area (Å²) in [7, 11) is 0. The van der Waals surface area contributed by atoms with E-state index in [1.54, 1.807) is 4.90 Å². The van der Waals surface area contributed by atoms with Gasteiger partial charge >= 0.3 is 0 Å². The van der Waals surface area contributed by atoms with Crippen LogP contribution in [0.4, 0.5) is 5.13 Å². The summed E-state index contributed by atoms with van der Waals surface area (Å²) in [5.41, 5.74) is 2.71. The van der Waals surface area contributed by atoms with Crippen LogP contribution in [0.25, 0.3) is 0 Å². The summed E-state index contributed by atoms with van der Waals surface area (Å²) in [6, 6.07) is 7.64. The van der Waals surface area contributed by atoms with Crippen LogP contribution in [-0.4, -0.2) is 34.3 Å². The van der Waals surface area contributed by atoms with E-state index in [-0.39, 0.29) is 29.8 Å². The molecule has 0 saturated heterocycles. The van der Waals surface area contributed by atoms with Gasteiger partial charge in [-0.2, -0.15) is 0 Å². The first-order valence-electron chi connectivity index (χ1n) is 9.68. The number of benzene rings is 1. The Balaban J connectivity index is 2.15. The second-order valence-electron chi connectivity index (χ2n) is 8.23. The molecule has 2 rings (SSSR count). The number of nitrogens with zero attached hydrogens (tertiary/aromatic N) is 2. The normalized spacial score (nSPS) is 12.5. The van der Waals surface area contributed by atoms with Gasteiger partial charge in [0, 0.05) is 16.5 Å². The second kappa shape index (κ2) is 8.86. The van der Waals surface area contributed by atoms with Gasteiger partial charge in [0.2, 0.25) is 5.91 Å². The number of hydrogen-bond donors (Lipinski definition) is 1. The highest BCUT2D eigenvalue weighted by atomic mass is 32.1. The first kappa shape index (κ1) is 22.1.